The van der Waals surface area contributed by atoms with E-state index in [2.05, 4.69) is 25.8 Å². The van der Waals surface area contributed by atoms with Crippen molar-refractivity contribution in [2.45, 2.75) is 39.2 Å². The van der Waals surface area contributed by atoms with Crippen LogP contribution in [0.5, 0.6) is 5.75 Å². The number of esters is 1. The fourth-order valence-electron chi connectivity index (χ4n) is 4.20. The molecule has 8 nitrogen and oxygen atoms in total. The molecule has 1 aliphatic rings. The highest BCUT2D eigenvalue weighted by Gasteiger charge is 2.48. The number of carbonyl (C=O) groups excluding carboxylic acids is 3. The van der Waals surface area contributed by atoms with E-state index < -0.39 is 23.7 Å². The van der Waals surface area contributed by atoms with Crippen LogP contribution < -0.4 is 9.64 Å². The Morgan fingerprint density at radius 3 is 2.35 bits per heavy atom. The van der Waals surface area contributed by atoms with Gasteiger partial charge in [-0.05, 0) is 35.6 Å². The fourth-order valence-corrected chi connectivity index (χ4v) is 5.22. The third-order valence-corrected chi connectivity index (χ3v) is 7.38. The highest BCUT2D eigenvalue weighted by Crippen LogP contribution is 2.44. The van der Waals surface area contributed by atoms with Gasteiger partial charge in [0.25, 0.3) is 5.78 Å². The predicted octanol–water partition coefficient (Wildman–Crippen LogP) is 5.17. The summed E-state index contributed by atoms with van der Waals surface area (Å²) < 4.78 is 10.1. The zero-order chi connectivity index (χ0) is 27.1. The van der Waals surface area contributed by atoms with E-state index in [1.807, 2.05) is 24.3 Å². The Morgan fingerprint density at radius 2 is 1.76 bits per heavy atom. The summed E-state index contributed by atoms with van der Waals surface area (Å²) in [4.78, 5) is 44.9. The van der Waals surface area contributed by atoms with Crippen LogP contribution in [-0.2, 0) is 19.7 Å². The Hall–Kier alpha value is -3.98. The molecule has 0 aliphatic carbocycles. The average molecular weight is 521 g/mol. The number of nitrogens with zero attached hydrogens (tertiary/aromatic N) is 2. The van der Waals surface area contributed by atoms with Gasteiger partial charge in [-0.2, -0.15) is 0 Å². The van der Waals surface area contributed by atoms with Crippen molar-refractivity contribution in [2.75, 3.05) is 19.1 Å². The van der Waals surface area contributed by atoms with Crippen molar-refractivity contribution < 1.29 is 29.0 Å². The van der Waals surface area contributed by atoms with Crippen molar-refractivity contribution in [3.63, 3.8) is 0 Å². The maximum Gasteiger partial charge on any atom is 0.350 e. The summed E-state index contributed by atoms with van der Waals surface area (Å²) in [6.07, 6.45) is 0. The maximum absolute atomic E-state index is 13.4. The molecule has 0 bridgehead atoms. The minimum Gasteiger partial charge on any atom is -0.507 e. The number of aliphatic hydroxyl groups excluding tert-OH is 1. The molecule has 1 aromatic heterocycles. The Kier molecular flexibility index (Phi) is 6.92. The highest BCUT2D eigenvalue weighted by atomic mass is 32.1. The first kappa shape index (κ1) is 26.1. The molecule has 0 saturated carbocycles. The number of ketones is 1. The van der Waals surface area contributed by atoms with Crippen LogP contribution in [0.4, 0.5) is 5.13 Å². The van der Waals surface area contributed by atoms with Crippen molar-refractivity contribution in [1.82, 2.24) is 4.98 Å². The fraction of sp³-hybridized carbons (Fsp3) is 0.286. The molecule has 1 unspecified atom stereocenters. The van der Waals surface area contributed by atoms with E-state index in [-0.39, 0.29) is 26.8 Å². The second kappa shape index (κ2) is 9.82. The molecule has 1 amide bonds. The number of Topliss-reactive ketones (excluding diaryl/α,β-unsaturated/α-hetero) is 1. The van der Waals surface area contributed by atoms with Crippen LogP contribution in [0.15, 0.2) is 54.1 Å². The predicted molar refractivity (Wildman–Crippen MR) is 141 cm³/mol. The van der Waals surface area contributed by atoms with Gasteiger partial charge in [-0.3, -0.25) is 14.5 Å². The lowest BCUT2D eigenvalue weighted by atomic mass is 9.85. The summed E-state index contributed by atoms with van der Waals surface area (Å²) in [6.45, 7) is 7.89. The Bertz CT molecular complexity index is 1420. The Balaban J connectivity index is 1.94. The van der Waals surface area contributed by atoms with E-state index in [1.54, 1.807) is 31.2 Å². The minimum atomic E-state index is -0.962. The van der Waals surface area contributed by atoms with Gasteiger partial charge in [-0.15, -0.1) is 0 Å². The monoisotopic (exact) mass is 520 g/mol. The van der Waals surface area contributed by atoms with E-state index in [4.69, 9.17) is 9.47 Å². The summed E-state index contributed by atoms with van der Waals surface area (Å²) in [5, 5.41) is 11.5. The number of amides is 1. The molecular weight excluding hydrogens is 492 g/mol. The van der Waals surface area contributed by atoms with Gasteiger partial charge in [-0.1, -0.05) is 68.5 Å². The third-order valence-electron chi connectivity index (χ3n) is 6.24. The number of methoxy groups -OCH3 is 2. The van der Waals surface area contributed by atoms with Crippen LogP contribution >= 0.6 is 11.3 Å². The number of benzene rings is 2. The number of aryl methyl sites for hydroxylation is 1. The second-order valence-electron chi connectivity index (χ2n) is 9.68. The largest absolute Gasteiger partial charge is 0.507 e. The SMILES string of the molecule is COC(=O)c1sc(N2C(=O)C(=O)C(=C(O)c3cccc(OC)c3)C2c2ccc(C(C)(C)C)cc2)nc1C. The number of rotatable bonds is 5. The number of ether oxygens (including phenoxy) is 2. The molecule has 1 saturated heterocycles. The number of hydrogen-bond acceptors (Lipinski definition) is 8. The van der Waals surface area contributed by atoms with Gasteiger partial charge in [0.15, 0.2) is 5.13 Å². The van der Waals surface area contributed by atoms with E-state index >= 15 is 0 Å². The lowest BCUT2D eigenvalue weighted by Crippen LogP contribution is -2.29. The maximum atomic E-state index is 13.4. The number of anilines is 1. The number of hydrogen-bond donors (Lipinski definition) is 1. The topological polar surface area (TPSA) is 106 Å². The lowest BCUT2D eigenvalue weighted by molar-refractivity contribution is -0.132. The Morgan fingerprint density at radius 1 is 1.08 bits per heavy atom. The molecule has 9 heteroatoms. The number of thiazole rings is 1. The molecule has 2 aromatic carbocycles. The second-order valence-corrected chi connectivity index (χ2v) is 10.7. The first-order valence-corrected chi connectivity index (χ1v) is 12.4. The summed E-state index contributed by atoms with van der Waals surface area (Å²) in [7, 11) is 2.76. The first-order chi connectivity index (χ1) is 17.5. The molecule has 1 aliphatic heterocycles. The zero-order valence-corrected chi connectivity index (χ0v) is 22.3. The molecule has 4 rings (SSSR count). The summed E-state index contributed by atoms with van der Waals surface area (Å²) in [5.41, 5.74) is 2.21. The summed E-state index contributed by atoms with van der Waals surface area (Å²) >= 11 is 0.960. The van der Waals surface area contributed by atoms with E-state index in [0.29, 0.717) is 22.6 Å². The summed E-state index contributed by atoms with van der Waals surface area (Å²) in [6, 6.07) is 13.2. The van der Waals surface area contributed by atoms with Crippen molar-refractivity contribution >= 4 is 39.9 Å². The molecule has 1 atom stereocenters. The number of carbonyl (C=O) groups is 3. The van der Waals surface area contributed by atoms with Crippen LogP contribution in [0.3, 0.4) is 0 Å². The zero-order valence-electron chi connectivity index (χ0n) is 21.5. The van der Waals surface area contributed by atoms with Crippen molar-refractivity contribution in [3.8, 4) is 5.75 Å². The van der Waals surface area contributed by atoms with Crippen molar-refractivity contribution in [2.24, 2.45) is 0 Å². The van der Waals surface area contributed by atoms with Gasteiger partial charge < -0.3 is 14.6 Å². The first-order valence-electron chi connectivity index (χ1n) is 11.6. The molecule has 1 N–H and O–H groups in total. The Labute approximate surface area is 219 Å². The molecule has 192 valence electrons. The van der Waals surface area contributed by atoms with Gasteiger partial charge in [-0.25, -0.2) is 9.78 Å². The minimum absolute atomic E-state index is 0.0748. The van der Waals surface area contributed by atoms with Crippen LogP contribution in [-0.4, -0.2) is 42.0 Å². The quantitative estimate of drug-likeness (QED) is 0.214. The van der Waals surface area contributed by atoms with Crippen molar-refractivity contribution in [1.29, 1.82) is 0 Å². The standard InChI is InChI=1S/C28H28N2O6S/c1-15-24(26(34)36-6)37-27(29-15)30-21(16-10-12-18(13-11-16)28(2,3)4)20(23(32)25(30)33)22(31)17-8-7-9-19(14-17)35-5/h7-14,21,31H,1-6H3. The van der Waals surface area contributed by atoms with Crippen LogP contribution in [0.25, 0.3) is 5.76 Å². The van der Waals surface area contributed by atoms with Gasteiger partial charge in [0.2, 0.25) is 0 Å². The van der Waals surface area contributed by atoms with Crippen LogP contribution in [0.2, 0.25) is 0 Å². The molecule has 0 spiro atoms. The normalized spacial score (nSPS) is 17.2. The average Bonchev–Trinajstić information content (AvgIpc) is 3.39. The van der Waals surface area contributed by atoms with E-state index in [0.717, 1.165) is 16.9 Å². The van der Waals surface area contributed by atoms with Gasteiger partial charge in [0, 0.05) is 5.56 Å². The third kappa shape index (κ3) is 4.74. The molecular formula is C28H28N2O6S. The lowest BCUT2D eigenvalue weighted by Gasteiger charge is -2.24. The van der Waals surface area contributed by atoms with Crippen LogP contribution in [0.1, 0.15) is 58.9 Å². The summed E-state index contributed by atoms with van der Waals surface area (Å²) in [5.74, 6) is -2.12. The van der Waals surface area contributed by atoms with Gasteiger partial charge in [0.05, 0.1) is 31.5 Å². The number of aromatic nitrogens is 1. The molecule has 37 heavy (non-hydrogen) atoms. The molecule has 2 heterocycles. The van der Waals surface area contributed by atoms with E-state index in [1.165, 1.54) is 19.1 Å². The van der Waals surface area contributed by atoms with Crippen molar-refractivity contribution in [3.05, 3.63) is 81.4 Å². The number of aliphatic hydroxyl groups is 1. The molecule has 3 aromatic rings. The van der Waals surface area contributed by atoms with Gasteiger partial charge in [0.1, 0.15) is 16.4 Å². The molecule has 0 radical (unpaired) electrons. The van der Waals surface area contributed by atoms with Crippen LogP contribution in [0, 0.1) is 6.92 Å². The smallest absolute Gasteiger partial charge is 0.350 e. The highest BCUT2D eigenvalue weighted by molar-refractivity contribution is 7.17. The van der Waals surface area contributed by atoms with Gasteiger partial charge >= 0.3 is 11.9 Å². The molecule has 1 fully saturated rings. The van der Waals surface area contributed by atoms with E-state index in [9.17, 15) is 19.5 Å².